The van der Waals surface area contributed by atoms with Crippen LogP contribution in [0.25, 0.3) is 11.0 Å². The van der Waals surface area contributed by atoms with E-state index in [1.807, 2.05) is 29.1 Å². The van der Waals surface area contributed by atoms with Crippen molar-refractivity contribution < 1.29 is 0 Å². The fourth-order valence-electron chi connectivity index (χ4n) is 2.37. The van der Waals surface area contributed by atoms with Gasteiger partial charge >= 0.3 is 0 Å². The Morgan fingerprint density at radius 1 is 0.947 bits per heavy atom. The minimum absolute atomic E-state index is 0.656. The third-order valence-corrected chi connectivity index (χ3v) is 2.90. The van der Waals surface area contributed by atoms with E-state index in [0.29, 0.717) is 11.8 Å². The molecule has 4 nitrogen and oxygen atoms in total. The maximum Gasteiger partial charge on any atom is 0.113 e. The predicted molar refractivity (Wildman–Crippen MR) is 78.8 cm³/mol. The van der Waals surface area contributed by atoms with Crippen LogP contribution in [0.4, 0.5) is 0 Å². The van der Waals surface area contributed by atoms with Crippen molar-refractivity contribution in [1.29, 1.82) is 0 Å². The minimum Gasteiger partial charge on any atom is -0.282 e. The van der Waals surface area contributed by atoms with E-state index in [1.54, 1.807) is 0 Å². The molecule has 1 aromatic carbocycles. The lowest BCUT2D eigenvalue weighted by Crippen LogP contribution is -2.34. The molecular formula is C15H24N4. The first-order chi connectivity index (χ1) is 9.04. The molecule has 0 spiro atoms. The van der Waals surface area contributed by atoms with E-state index >= 15 is 0 Å². The summed E-state index contributed by atoms with van der Waals surface area (Å²) < 4.78 is 0. The van der Waals surface area contributed by atoms with Gasteiger partial charge in [0.1, 0.15) is 17.7 Å². The number of aromatic nitrogens is 3. The summed E-state index contributed by atoms with van der Waals surface area (Å²) in [6.07, 6.45) is 0. The van der Waals surface area contributed by atoms with Gasteiger partial charge in [0, 0.05) is 13.1 Å². The lowest BCUT2D eigenvalue weighted by Gasteiger charge is -2.25. The van der Waals surface area contributed by atoms with Crippen molar-refractivity contribution in [1.82, 2.24) is 19.9 Å². The molecule has 2 aromatic rings. The van der Waals surface area contributed by atoms with E-state index in [1.165, 1.54) is 0 Å². The normalized spacial score (nSPS) is 12.2. The second-order valence-corrected chi connectivity index (χ2v) is 6.03. The van der Waals surface area contributed by atoms with E-state index in [-0.39, 0.29) is 0 Å². The zero-order valence-corrected chi connectivity index (χ0v) is 12.4. The standard InChI is InChI=1S/C15H24N4/c1-12(2)9-18(10-13(3)4)11-19-16-14-7-5-6-8-15(14)17-19/h5-8,12-13H,9-11H2,1-4H3. The number of benzene rings is 1. The average molecular weight is 260 g/mol. The molecule has 0 saturated heterocycles. The van der Waals surface area contributed by atoms with Crippen molar-refractivity contribution in [2.75, 3.05) is 13.1 Å². The third-order valence-electron chi connectivity index (χ3n) is 2.90. The Labute approximate surface area is 115 Å². The Kier molecular flexibility index (Phi) is 4.53. The summed E-state index contributed by atoms with van der Waals surface area (Å²) in [6.45, 7) is 11.9. The Bertz CT molecular complexity index is 473. The van der Waals surface area contributed by atoms with Crippen LogP contribution in [-0.4, -0.2) is 33.0 Å². The van der Waals surface area contributed by atoms with Gasteiger partial charge in [-0.05, 0) is 24.0 Å². The van der Waals surface area contributed by atoms with E-state index in [2.05, 4.69) is 42.8 Å². The van der Waals surface area contributed by atoms with Gasteiger partial charge in [-0.25, -0.2) is 0 Å². The summed E-state index contributed by atoms with van der Waals surface area (Å²) in [5, 5.41) is 9.06. The summed E-state index contributed by atoms with van der Waals surface area (Å²) in [7, 11) is 0. The van der Waals surface area contributed by atoms with Crippen molar-refractivity contribution in [2.24, 2.45) is 11.8 Å². The fraction of sp³-hybridized carbons (Fsp3) is 0.600. The number of rotatable bonds is 6. The molecule has 2 rings (SSSR count). The van der Waals surface area contributed by atoms with E-state index in [4.69, 9.17) is 0 Å². The first kappa shape index (κ1) is 14.0. The van der Waals surface area contributed by atoms with Crippen LogP contribution < -0.4 is 0 Å². The molecule has 0 N–H and O–H groups in total. The highest BCUT2D eigenvalue weighted by Gasteiger charge is 2.11. The van der Waals surface area contributed by atoms with Crippen molar-refractivity contribution >= 4 is 11.0 Å². The summed E-state index contributed by atoms with van der Waals surface area (Å²) in [5.41, 5.74) is 1.94. The molecule has 4 heteroatoms. The van der Waals surface area contributed by atoms with Gasteiger partial charge < -0.3 is 0 Å². The number of hydrogen-bond donors (Lipinski definition) is 0. The van der Waals surface area contributed by atoms with Crippen LogP contribution in [0, 0.1) is 11.8 Å². The maximum absolute atomic E-state index is 4.53. The van der Waals surface area contributed by atoms with Gasteiger partial charge in [0.25, 0.3) is 0 Å². The molecule has 1 aromatic heterocycles. The smallest absolute Gasteiger partial charge is 0.113 e. The Balaban J connectivity index is 2.10. The average Bonchev–Trinajstić information content (AvgIpc) is 2.68. The second kappa shape index (κ2) is 6.15. The predicted octanol–water partition coefficient (Wildman–Crippen LogP) is 3.00. The molecule has 1 heterocycles. The summed E-state index contributed by atoms with van der Waals surface area (Å²) in [5.74, 6) is 1.31. The summed E-state index contributed by atoms with van der Waals surface area (Å²) in [6, 6.07) is 8.02. The van der Waals surface area contributed by atoms with Crippen molar-refractivity contribution in [3.63, 3.8) is 0 Å². The zero-order chi connectivity index (χ0) is 13.8. The molecule has 0 saturated carbocycles. The first-order valence-corrected chi connectivity index (χ1v) is 7.07. The number of fused-ring (bicyclic) bond motifs is 1. The summed E-state index contributed by atoms with van der Waals surface area (Å²) in [4.78, 5) is 4.24. The monoisotopic (exact) mass is 260 g/mol. The molecule has 0 unspecified atom stereocenters. The molecule has 0 atom stereocenters. The highest BCUT2D eigenvalue weighted by molar-refractivity contribution is 5.72. The van der Waals surface area contributed by atoms with Crippen LogP contribution in [0.2, 0.25) is 0 Å². The molecule has 0 aliphatic carbocycles. The van der Waals surface area contributed by atoms with Gasteiger partial charge in [-0.1, -0.05) is 39.8 Å². The molecule has 0 aliphatic heterocycles. The molecule has 0 fully saturated rings. The fourth-order valence-corrected chi connectivity index (χ4v) is 2.37. The van der Waals surface area contributed by atoms with E-state index < -0.39 is 0 Å². The quantitative estimate of drug-likeness (QED) is 0.800. The Hall–Kier alpha value is -1.42. The van der Waals surface area contributed by atoms with Gasteiger partial charge in [-0.2, -0.15) is 15.0 Å². The summed E-state index contributed by atoms with van der Waals surface area (Å²) >= 11 is 0. The Morgan fingerprint density at radius 3 is 1.84 bits per heavy atom. The van der Waals surface area contributed by atoms with Gasteiger partial charge in [0.15, 0.2) is 0 Å². The first-order valence-electron chi connectivity index (χ1n) is 7.07. The van der Waals surface area contributed by atoms with Crippen molar-refractivity contribution in [3.8, 4) is 0 Å². The largest absolute Gasteiger partial charge is 0.282 e. The molecular weight excluding hydrogens is 236 g/mol. The van der Waals surface area contributed by atoms with Crippen LogP contribution >= 0.6 is 0 Å². The number of nitrogens with zero attached hydrogens (tertiary/aromatic N) is 4. The van der Waals surface area contributed by atoms with Gasteiger partial charge in [-0.3, -0.25) is 4.90 Å². The molecule has 0 bridgehead atoms. The topological polar surface area (TPSA) is 34.0 Å². The molecule has 0 amide bonds. The highest BCUT2D eigenvalue weighted by atomic mass is 15.5. The highest BCUT2D eigenvalue weighted by Crippen LogP contribution is 2.09. The minimum atomic E-state index is 0.656. The molecule has 0 aliphatic rings. The van der Waals surface area contributed by atoms with Gasteiger partial charge in [0.2, 0.25) is 0 Å². The van der Waals surface area contributed by atoms with E-state index in [9.17, 15) is 0 Å². The van der Waals surface area contributed by atoms with Crippen LogP contribution in [0.1, 0.15) is 27.7 Å². The van der Waals surface area contributed by atoms with Crippen molar-refractivity contribution in [2.45, 2.75) is 34.4 Å². The van der Waals surface area contributed by atoms with E-state index in [0.717, 1.165) is 30.8 Å². The third kappa shape index (κ3) is 4.03. The van der Waals surface area contributed by atoms with Crippen molar-refractivity contribution in [3.05, 3.63) is 24.3 Å². The second-order valence-electron chi connectivity index (χ2n) is 6.03. The van der Waals surface area contributed by atoms with Crippen LogP contribution in [0.5, 0.6) is 0 Å². The Morgan fingerprint density at radius 2 is 1.42 bits per heavy atom. The molecule has 104 valence electrons. The van der Waals surface area contributed by atoms with Gasteiger partial charge in [-0.15, -0.1) is 0 Å². The van der Waals surface area contributed by atoms with Crippen LogP contribution in [0.15, 0.2) is 24.3 Å². The molecule has 0 radical (unpaired) electrons. The van der Waals surface area contributed by atoms with Gasteiger partial charge in [0.05, 0.1) is 0 Å². The van der Waals surface area contributed by atoms with Crippen LogP contribution in [-0.2, 0) is 6.67 Å². The lowest BCUT2D eigenvalue weighted by atomic mass is 10.1. The number of hydrogen-bond acceptors (Lipinski definition) is 3. The SMILES string of the molecule is CC(C)CN(CC(C)C)Cn1nc2ccccc2n1. The maximum atomic E-state index is 4.53. The zero-order valence-electron chi connectivity index (χ0n) is 12.4. The lowest BCUT2D eigenvalue weighted by molar-refractivity contribution is 0.157. The molecule has 19 heavy (non-hydrogen) atoms. The van der Waals surface area contributed by atoms with Crippen LogP contribution in [0.3, 0.4) is 0 Å².